The van der Waals surface area contributed by atoms with Gasteiger partial charge in [0.1, 0.15) is 23.9 Å². The van der Waals surface area contributed by atoms with Gasteiger partial charge in [-0.3, -0.25) is 9.59 Å². The van der Waals surface area contributed by atoms with Crippen LogP contribution in [0.2, 0.25) is 0 Å². The Bertz CT molecular complexity index is 771. The Hall–Kier alpha value is -3.03. The van der Waals surface area contributed by atoms with E-state index in [0.717, 1.165) is 5.75 Å². The Morgan fingerprint density at radius 1 is 1.19 bits per heavy atom. The summed E-state index contributed by atoms with van der Waals surface area (Å²) in [6, 6.07) is 8.84. The summed E-state index contributed by atoms with van der Waals surface area (Å²) in [4.78, 5) is 24.1. The van der Waals surface area contributed by atoms with Gasteiger partial charge >= 0.3 is 0 Å². The lowest BCUT2D eigenvalue weighted by molar-refractivity contribution is -0.125. The molecule has 0 saturated heterocycles. The summed E-state index contributed by atoms with van der Waals surface area (Å²) in [5, 5.41) is 9.14. The maximum absolute atomic E-state index is 12.1. The Kier molecular flexibility index (Phi) is 5.40. The van der Waals surface area contributed by atoms with Crippen molar-refractivity contribution in [1.82, 2.24) is 10.5 Å². The molecule has 2 N–H and O–H groups in total. The number of rotatable bonds is 8. The Morgan fingerprint density at radius 2 is 1.88 bits per heavy atom. The van der Waals surface area contributed by atoms with Gasteiger partial charge in [-0.2, -0.15) is 0 Å². The summed E-state index contributed by atoms with van der Waals surface area (Å²) in [5.74, 6) is 1.45. The molecule has 1 aliphatic carbocycles. The van der Waals surface area contributed by atoms with Crippen LogP contribution in [-0.4, -0.2) is 37.2 Å². The topological polar surface area (TPSA) is 103 Å². The van der Waals surface area contributed by atoms with Crippen LogP contribution in [0.15, 0.2) is 34.9 Å². The van der Waals surface area contributed by atoms with Gasteiger partial charge in [0.25, 0.3) is 0 Å². The van der Waals surface area contributed by atoms with Crippen LogP contribution in [-0.2, 0) is 9.59 Å². The predicted octanol–water partition coefficient (Wildman–Crippen LogP) is 1.76. The molecular weight excluding hydrogens is 338 g/mol. The van der Waals surface area contributed by atoms with Gasteiger partial charge in [-0.1, -0.05) is 5.16 Å². The number of carbonyl (C=O) groups excluding carboxylic acids is 2. The number of nitrogens with one attached hydrogen (secondary N) is 2. The molecule has 8 heteroatoms. The molecule has 2 unspecified atom stereocenters. The number of nitrogens with zero attached hydrogens (tertiary/aromatic N) is 1. The highest BCUT2D eigenvalue weighted by Crippen LogP contribution is 2.39. The Balaban J connectivity index is 1.34. The quantitative estimate of drug-likeness (QED) is 0.696. The van der Waals surface area contributed by atoms with E-state index in [1.54, 1.807) is 44.4 Å². The Labute approximate surface area is 150 Å². The normalized spacial score (nSPS) is 18.1. The molecule has 1 aromatic heterocycles. The molecule has 138 valence electrons. The molecule has 0 bridgehead atoms. The summed E-state index contributed by atoms with van der Waals surface area (Å²) in [5.41, 5.74) is 0. The lowest BCUT2D eigenvalue weighted by atomic mass is 10.3. The number of amides is 2. The summed E-state index contributed by atoms with van der Waals surface area (Å²) in [6.45, 7) is 2.46. The molecule has 26 heavy (non-hydrogen) atoms. The van der Waals surface area contributed by atoms with Gasteiger partial charge in [-0.05, 0) is 37.6 Å². The molecule has 0 radical (unpaired) electrons. The fourth-order valence-corrected chi connectivity index (χ4v) is 2.56. The van der Waals surface area contributed by atoms with Crippen LogP contribution in [0, 0.1) is 18.8 Å². The minimum Gasteiger partial charge on any atom is -0.497 e. The number of methoxy groups -OCH3 is 1. The number of hydrogen-bond acceptors (Lipinski definition) is 6. The van der Waals surface area contributed by atoms with E-state index in [1.807, 2.05) is 0 Å². The zero-order valence-corrected chi connectivity index (χ0v) is 14.7. The molecule has 1 heterocycles. The van der Waals surface area contributed by atoms with E-state index in [9.17, 15) is 9.59 Å². The van der Waals surface area contributed by atoms with Gasteiger partial charge in [-0.15, -0.1) is 0 Å². The highest BCUT2D eigenvalue weighted by atomic mass is 16.5. The SMILES string of the molecule is COc1ccc(OCCNC(=O)C2CC2C(=O)Nc2cc(C)on2)cc1. The van der Waals surface area contributed by atoms with Gasteiger partial charge in [0.15, 0.2) is 5.82 Å². The first kappa shape index (κ1) is 17.8. The third-order valence-electron chi connectivity index (χ3n) is 4.07. The van der Waals surface area contributed by atoms with Crippen molar-refractivity contribution in [2.75, 3.05) is 25.6 Å². The van der Waals surface area contributed by atoms with Crippen LogP contribution in [0.1, 0.15) is 12.2 Å². The van der Waals surface area contributed by atoms with Crippen LogP contribution in [0.5, 0.6) is 11.5 Å². The number of aryl methyl sites for hydroxylation is 1. The third-order valence-corrected chi connectivity index (χ3v) is 4.07. The fraction of sp³-hybridized carbons (Fsp3) is 0.389. The second-order valence-electron chi connectivity index (χ2n) is 6.08. The molecule has 1 aromatic carbocycles. The van der Waals surface area contributed by atoms with Crippen molar-refractivity contribution in [1.29, 1.82) is 0 Å². The van der Waals surface area contributed by atoms with E-state index in [1.165, 1.54) is 0 Å². The summed E-state index contributed by atoms with van der Waals surface area (Å²) < 4.78 is 15.5. The standard InChI is InChI=1S/C18H21N3O5/c1-11-9-16(21-26-11)20-18(23)15-10-14(15)17(22)19-7-8-25-13-5-3-12(24-2)4-6-13/h3-6,9,14-15H,7-8,10H2,1-2H3,(H,19,22)(H,20,21,23). The van der Waals surface area contributed by atoms with Crippen LogP contribution in [0.25, 0.3) is 0 Å². The monoisotopic (exact) mass is 359 g/mol. The maximum atomic E-state index is 12.1. The second kappa shape index (κ2) is 7.90. The van der Waals surface area contributed by atoms with Crippen LogP contribution in [0.4, 0.5) is 5.82 Å². The van der Waals surface area contributed by atoms with Gasteiger partial charge in [0, 0.05) is 6.07 Å². The summed E-state index contributed by atoms with van der Waals surface area (Å²) >= 11 is 0. The fourth-order valence-electron chi connectivity index (χ4n) is 2.56. The smallest absolute Gasteiger partial charge is 0.229 e. The number of aromatic nitrogens is 1. The van der Waals surface area contributed by atoms with Gasteiger partial charge in [0.2, 0.25) is 11.8 Å². The van der Waals surface area contributed by atoms with Crippen LogP contribution in [0.3, 0.4) is 0 Å². The number of carbonyl (C=O) groups is 2. The van der Waals surface area contributed by atoms with Crippen molar-refractivity contribution >= 4 is 17.6 Å². The van der Waals surface area contributed by atoms with E-state index in [0.29, 0.717) is 36.9 Å². The first-order chi connectivity index (χ1) is 12.6. The Morgan fingerprint density at radius 3 is 2.54 bits per heavy atom. The van der Waals surface area contributed by atoms with Crippen molar-refractivity contribution in [2.45, 2.75) is 13.3 Å². The molecule has 3 rings (SSSR count). The molecule has 1 saturated carbocycles. The van der Waals surface area contributed by atoms with Crippen molar-refractivity contribution in [2.24, 2.45) is 11.8 Å². The first-order valence-corrected chi connectivity index (χ1v) is 8.35. The van der Waals surface area contributed by atoms with E-state index in [2.05, 4.69) is 15.8 Å². The lowest BCUT2D eigenvalue weighted by Crippen LogP contribution is -2.31. The number of benzene rings is 1. The van der Waals surface area contributed by atoms with Gasteiger partial charge in [0.05, 0.1) is 25.5 Å². The average Bonchev–Trinajstić information content (AvgIpc) is 3.36. The summed E-state index contributed by atoms with van der Waals surface area (Å²) in [7, 11) is 1.60. The lowest BCUT2D eigenvalue weighted by Gasteiger charge is -2.08. The van der Waals surface area contributed by atoms with Crippen LogP contribution >= 0.6 is 0 Å². The molecule has 2 aromatic rings. The highest BCUT2D eigenvalue weighted by Gasteiger charge is 2.48. The predicted molar refractivity (Wildman–Crippen MR) is 93.0 cm³/mol. The van der Waals surface area contributed by atoms with E-state index in [4.69, 9.17) is 14.0 Å². The largest absolute Gasteiger partial charge is 0.497 e. The minimum atomic E-state index is -0.325. The zero-order valence-electron chi connectivity index (χ0n) is 14.7. The number of hydrogen-bond donors (Lipinski definition) is 2. The van der Waals surface area contributed by atoms with E-state index in [-0.39, 0.29) is 23.7 Å². The number of anilines is 1. The summed E-state index contributed by atoms with van der Waals surface area (Å²) in [6.07, 6.45) is 0.536. The van der Waals surface area contributed by atoms with Gasteiger partial charge < -0.3 is 24.6 Å². The average molecular weight is 359 g/mol. The maximum Gasteiger partial charge on any atom is 0.229 e. The van der Waals surface area contributed by atoms with Crippen molar-refractivity contribution < 1.29 is 23.6 Å². The van der Waals surface area contributed by atoms with Crippen molar-refractivity contribution in [3.8, 4) is 11.5 Å². The number of ether oxygens (including phenoxy) is 2. The molecule has 0 spiro atoms. The molecule has 1 aliphatic rings. The zero-order chi connectivity index (χ0) is 18.5. The van der Waals surface area contributed by atoms with E-state index >= 15 is 0 Å². The molecule has 8 nitrogen and oxygen atoms in total. The molecule has 0 aliphatic heterocycles. The third kappa shape index (κ3) is 4.53. The molecule has 2 atom stereocenters. The molecule has 1 fully saturated rings. The minimum absolute atomic E-state index is 0.139. The first-order valence-electron chi connectivity index (χ1n) is 8.35. The molecule has 2 amide bonds. The second-order valence-corrected chi connectivity index (χ2v) is 6.08. The van der Waals surface area contributed by atoms with Gasteiger partial charge in [-0.25, -0.2) is 0 Å². The van der Waals surface area contributed by atoms with Crippen LogP contribution < -0.4 is 20.1 Å². The highest BCUT2D eigenvalue weighted by molar-refractivity contribution is 5.99. The molecular formula is C18H21N3O5. The van der Waals surface area contributed by atoms with Crippen molar-refractivity contribution in [3.63, 3.8) is 0 Å². The van der Waals surface area contributed by atoms with E-state index < -0.39 is 0 Å². The van der Waals surface area contributed by atoms with Crippen molar-refractivity contribution in [3.05, 3.63) is 36.1 Å².